The van der Waals surface area contributed by atoms with Crippen molar-refractivity contribution in [2.24, 2.45) is 5.92 Å². The van der Waals surface area contributed by atoms with E-state index >= 15 is 0 Å². The van der Waals surface area contributed by atoms with Gasteiger partial charge in [0.05, 0.1) is 16.8 Å². The number of hydrogen-bond acceptors (Lipinski definition) is 5. The standard InChI is InChI=1S/C18H23N3O4S/c1-13-18(23)21(16-8-4-3-7-15(16)19-13)11-17(22)20-9-5-6-14(10-20)12-26(2,24)25/h3-4,7-8,14H,5-6,9-12H2,1-2H3. The van der Waals surface area contributed by atoms with Gasteiger partial charge in [0.2, 0.25) is 5.91 Å². The Bertz CT molecular complexity index is 997. The van der Waals surface area contributed by atoms with Gasteiger partial charge >= 0.3 is 0 Å². The van der Waals surface area contributed by atoms with E-state index in [0.29, 0.717) is 29.8 Å². The maximum Gasteiger partial charge on any atom is 0.272 e. The number of nitrogens with zero attached hydrogens (tertiary/aromatic N) is 3. The van der Waals surface area contributed by atoms with E-state index in [-0.39, 0.29) is 29.7 Å². The Hall–Kier alpha value is -2.22. The van der Waals surface area contributed by atoms with Crippen LogP contribution in [0.15, 0.2) is 29.1 Å². The predicted molar refractivity (Wildman–Crippen MR) is 99.8 cm³/mol. The number of sulfone groups is 1. The number of carbonyl (C=O) groups is 1. The van der Waals surface area contributed by atoms with Crippen LogP contribution in [0.2, 0.25) is 0 Å². The van der Waals surface area contributed by atoms with Gasteiger partial charge in [-0.2, -0.15) is 0 Å². The Morgan fingerprint density at radius 2 is 2.04 bits per heavy atom. The van der Waals surface area contributed by atoms with Crippen LogP contribution in [-0.2, 0) is 21.2 Å². The molecule has 7 nitrogen and oxygen atoms in total. The van der Waals surface area contributed by atoms with E-state index in [0.717, 1.165) is 12.8 Å². The van der Waals surface area contributed by atoms with E-state index in [2.05, 4.69) is 4.98 Å². The van der Waals surface area contributed by atoms with Gasteiger partial charge in [-0.25, -0.2) is 13.4 Å². The lowest BCUT2D eigenvalue weighted by Crippen LogP contribution is -2.44. The smallest absolute Gasteiger partial charge is 0.272 e. The van der Waals surface area contributed by atoms with Gasteiger partial charge in [0.1, 0.15) is 22.1 Å². The highest BCUT2D eigenvalue weighted by atomic mass is 32.2. The van der Waals surface area contributed by atoms with E-state index in [1.807, 2.05) is 18.2 Å². The minimum absolute atomic E-state index is 0.0460. The molecule has 0 N–H and O–H groups in total. The number of carbonyl (C=O) groups excluding carboxylic acids is 1. The van der Waals surface area contributed by atoms with Gasteiger partial charge < -0.3 is 4.90 Å². The van der Waals surface area contributed by atoms with Crippen LogP contribution < -0.4 is 5.56 Å². The number of rotatable bonds is 4. The highest BCUT2D eigenvalue weighted by molar-refractivity contribution is 7.90. The molecule has 1 unspecified atom stereocenters. The van der Waals surface area contributed by atoms with Gasteiger partial charge in [-0.3, -0.25) is 14.2 Å². The van der Waals surface area contributed by atoms with Crippen molar-refractivity contribution < 1.29 is 13.2 Å². The van der Waals surface area contributed by atoms with Crippen LogP contribution in [0.3, 0.4) is 0 Å². The zero-order valence-electron chi connectivity index (χ0n) is 15.0. The molecule has 2 aromatic rings. The summed E-state index contributed by atoms with van der Waals surface area (Å²) in [7, 11) is -3.07. The SMILES string of the molecule is Cc1nc2ccccc2n(CC(=O)N2CCCC(CS(C)(=O)=O)C2)c1=O. The number of hydrogen-bond donors (Lipinski definition) is 0. The van der Waals surface area contributed by atoms with E-state index < -0.39 is 9.84 Å². The Kier molecular flexibility index (Phi) is 5.13. The Morgan fingerprint density at radius 3 is 2.77 bits per heavy atom. The summed E-state index contributed by atoms with van der Waals surface area (Å²) in [6, 6.07) is 7.24. The van der Waals surface area contributed by atoms with Gasteiger partial charge in [0.15, 0.2) is 0 Å². The first-order valence-corrected chi connectivity index (χ1v) is 10.7. The van der Waals surface area contributed by atoms with Crippen LogP contribution >= 0.6 is 0 Å². The summed E-state index contributed by atoms with van der Waals surface area (Å²) in [5.74, 6) is -0.120. The van der Waals surface area contributed by atoms with Crippen molar-refractivity contribution in [3.05, 3.63) is 40.3 Å². The number of aromatic nitrogens is 2. The van der Waals surface area contributed by atoms with Crippen molar-refractivity contribution in [1.82, 2.24) is 14.5 Å². The predicted octanol–water partition coefficient (Wildman–Crippen LogP) is 0.988. The molecule has 26 heavy (non-hydrogen) atoms. The van der Waals surface area contributed by atoms with Crippen LogP contribution in [0.4, 0.5) is 0 Å². The molecule has 3 rings (SSSR count). The molecular weight excluding hydrogens is 354 g/mol. The van der Waals surface area contributed by atoms with Crippen molar-refractivity contribution in [2.75, 3.05) is 25.1 Å². The second-order valence-electron chi connectivity index (χ2n) is 7.02. The first-order chi connectivity index (χ1) is 12.2. The molecule has 1 atom stereocenters. The molecular formula is C18H23N3O4S. The first kappa shape index (κ1) is 18.6. The minimum atomic E-state index is -3.07. The Balaban J connectivity index is 1.83. The Labute approximate surface area is 152 Å². The van der Waals surface area contributed by atoms with Gasteiger partial charge in [0.25, 0.3) is 5.56 Å². The number of amides is 1. The molecule has 1 fully saturated rings. The van der Waals surface area contributed by atoms with Gasteiger partial charge in [-0.05, 0) is 37.8 Å². The molecule has 0 aliphatic carbocycles. The summed E-state index contributed by atoms with van der Waals surface area (Å²) in [5.41, 5.74) is 1.37. The molecule has 140 valence electrons. The first-order valence-electron chi connectivity index (χ1n) is 8.66. The molecule has 0 saturated carbocycles. The van der Waals surface area contributed by atoms with Gasteiger partial charge in [-0.1, -0.05) is 12.1 Å². The van der Waals surface area contributed by atoms with Crippen LogP contribution in [-0.4, -0.2) is 53.9 Å². The fourth-order valence-corrected chi connectivity index (χ4v) is 4.70. The molecule has 0 radical (unpaired) electrons. The van der Waals surface area contributed by atoms with Crippen molar-refractivity contribution in [1.29, 1.82) is 0 Å². The third-order valence-corrected chi connectivity index (χ3v) is 5.80. The van der Waals surface area contributed by atoms with E-state index in [1.54, 1.807) is 17.9 Å². The normalized spacial score (nSPS) is 18.2. The zero-order chi connectivity index (χ0) is 18.9. The number of aryl methyl sites for hydroxylation is 1. The summed E-state index contributed by atoms with van der Waals surface area (Å²) in [5, 5.41) is 0. The molecule has 1 amide bonds. The number of piperidine rings is 1. The maximum absolute atomic E-state index is 12.8. The van der Waals surface area contributed by atoms with Gasteiger partial charge in [-0.15, -0.1) is 0 Å². The van der Waals surface area contributed by atoms with Crippen molar-refractivity contribution >= 4 is 26.8 Å². The zero-order valence-corrected chi connectivity index (χ0v) is 15.8. The van der Waals surface area contributed by atoms with Crippen LogP contribution in [0.25, 0.3) is 11.0 Å². The lowest BCUT2D eigenvalue weighted by molar-refractivity contribution is -0.133. The fourth-order valence-electron chi connectivity index (χ4n) is 3.57. The molecule has 8 heteroatoms. The molecule has 1 aromatic carbocycles. The molecule has 0 bridgehead atoms. The lowest BCUT2D eigenvalue weighted by Gasteiger charge is -2.32. The molecule has 1 aliphatic rings. The fraction of sp³-hybridized carbons (Fsp3) is 0.500. The second kappa shape index (κ2) is 7.19. The monoisotopic (exact) mass is 377 g/mol. The average Bonchev–Trinajstić information content (AvgIpc) is 2.57. The van der Waals surface area contributed by atoms with Crippen LogP contribution in [0.1, 0.15) is 18.5 Å². The summed E-state index contributed by atoms with van der Waals surface area (Å²) >= 11 is 0. The van der Waals surface area contributed by atoms with Gasteiger partial charge in [0, 0.05) is 19.3 Å². The summed E-state index contributed by atoms with van der Waals surface area (Å²) < 4.78 is 24.5. The highest BCUT2D eigenvalue weighted by Gasteiger charge is 2.26. The molecule has 1 aliphatic heterocycles. The van der Waals surface area contributed by atoms with Crippen molar-refractivity contribution in [3.63, 3.8) is 0 Å². The highest BCUT2D eigenvalue weighted by Crippen LogP contribution is 2.19. The molecule has 1 saturated heterocycles. The summed E-state index contributed by atoms with van der Waals surface area (Å²) in [4.78, 5) is 31.2. The average molecular weight is 377 g/mol. The van der Waals surface area contributed by atoms with E-state index in [9.17, 15) is 18.0 Å². The quantitative estimate of drug-likeness (QED) is 0.793. The third-order valence-electron chi connectivity index (χ3n) is 4.72. The number of likely N-dealkylation sites (tertiary alicyclic amines) is 1. The van der Waals surface area contributed by atoms with Crippen LogP contribution in [0, 0.1) is 12.8 Å². The molecule has 2 heterocycles. The second-order valence-corrected chi connectivity index (χ2v) is 9.20. The van der Waals surface area contributed by atoms with Crippen molar-refractivity contribution in [3.8, 4) is 0 Å². The number of benzene rings is 1. The molecule has 0 spiro atoms. The van der Waals surface area contributed by atoms with E-state index in [1.165, 1.54) is 10.8 Å². The topological polar surface area (TPSA) is 89.3 Å². The largest absolute Gasteiger partial charge is 0.341 e. The van der Waals surface area contributed by atoms with E-state index in [4.69, 9.17) is 0 Å². The summed E-state index contributed by atoms with van der Waals surface area (Å²) in [6.07, 6.45) is 2.80. The van der Waals surface area contributed by atoms with Crippen LogP contribution in [0.5, 0.6) is 0 Å². The summed E-state index contributed by atoms with van der Waals surface area (Å²) in [6.45, 7) is 2.59. The number of fused-ring (bicyclic) bond motifs is 1. The lowest BCUT2D eigenvalue weighted by atomic mass is 10.00. The Morgan fingerprint density at radius 1 is 1.31 bits per heavy atom. The minimum Gasteiger partial charge on any atom is -0.341 e. The molecule has 1 aromatic heterocycles. The maximum atomic E-state index is 12.8. The van der Waals surface area contributed by atoms with Crippen molar-refractivity contribution in [2.45, 2.75) is 26.3 Å². The number of para-hydroxylation sites is 2. The third kappa shape index (κ3) is 4.12.